The van der Waals surface area contributed by atoms with E-state index in [1.807, 2.05) is 65.2 Å². The number of carbonyl (C=O) groups is 1. The van der Waals surface area contributed by atoms with Crippen LogP contribution in [0.2, 0.25) is 10.0 Å². The first-order valence-electron chi connectivity index (χ1n) is 12.5. The summed E-state index contributed by atoms with van der Waals surface area (Å²) in [6, 6.07) is 32.4. The Morgan fingerprint density at radius 3 is 2.31 bits per heavy atom. The molecule has 5 nitrogen and oxygen atoms in total. The van der Waals surface area contributed by atoms with Crippen LogP contribution in [0, 0.1) is 6.92 Å². The van der Waals surface area contributed by atoms with Crippen molar-refractivity contribution >= 4 is 40.9 Å². The summed E-state index contributed by atoms with van der Waals surface area (Å²) in [5.41, 5.74) is 4.70. The van der Waals surface area contributed by atoms with Crippen LogP contribution in [0.15, 0.2) is 108 Å². The molecule has 39 heavy (non-hydrogen) atoms. The molecule has 1 amide bonds. The smallest absolute Gasteiger partial charge is 0.251 e. The first-order valence-corrected chi connectivity index (χ1v) is 14.2. The van der Waals surface area contributed by atoms with Crippen LogP contribution in [0.25, 0.3) is 5.69 Å². The molecule has 1 heterocycles. The summed E-state index contributed by atoms with van der Waals surface area (Å²) in [4.78, 5) is 13.3. The minimum atomic E-state index is -0.479. The largest absolute Gasteiger partial charge is 0.342 e. The Bertz CT molecular complexity index is 1570. The zero-order valence-electron chi connectivity index (χ0n) is 21.2. The minimum absolute atomic E-state index is 0.192. The van der Waals surface area contributed by atoms with Gasteiger partial charge >= 0.3 is 0 Å². The lowest BCUT2D eigenvalue weighted by Crippen LogP contribution is -2.32. The van der Waals surface area contributed by atoms with E-state index in [0.717, 1.165) is 5.56 Å². The Hall–Kier alpha value is -3.58. The fraction of sp³-hybridized carbons (Fsp3) is 0.129. The molecule has 5 rings (SSSR count). The van der Waals surface area contributed by atoms with Crippen LogP contribution in [-0.2, 0) is 12.2 Å². The zero-order chi connectivity index (χ0) is 27.2. The molecule has 1 aromatic heterocycles. The topological polar surface area (TPSA) is 59.8 Å². The Labute approximate surface area is 242 Å². The monoisotopic (exact) mass is 572 g/mol. The van der Waals surface area contributed by atoms with E-state index in [0.29, 0.717) is 44.5 Å². The van der Waals surface area contributed by atoms with Gasteiger partial charge in [-0.05, 0) is 54.8 Å². The second kappa shape index (κ2) is 12.5. The van der Waals surface area contributed by atoms with Crippen molar-refractivity contribution in [3.63, 3.8) is 0 Å². The number of thioether (sulfide) groups is 1. The highest BCUT2D eigenvalue weighted by molar-refractivity contribution is 7.98. The van der Waals surface area contributed by atoms with Crippen LogP contribution < -0.4 is 5.32 Å². The van der Waals surface area contributed by atoms with Crippen molar-refractivity contribution in [1.82, 2.24) is 20.1 Å². The summed E-state index contributed by atoms with van der Waals surface area (Å²) < 4.78 is 1.93. The molecule has 0 bridgehead atoms. The van der Waals surface area contributed by atoms with Crippen LogP contribution in [0.3, 0.4) is 0 Å². The van der Waals surface area contributed by atoms with Crippen molar-refractivity contribution in [1.29, 1.82) is 0 Å². The van der Waals surface area contributed by atoms with Gasteiger partial charge in [-0.25, -0.2) is 0 Å². The summed E-state index contributed by atoms with van der Waals surface area (Å²) in [5.74, 6) is 1.09. The number of nitrogens with one attached hydrogen (secondary N) is 1. The van der Waals surface area contributed by atoms with Crippen LogP contribution in [0.1, 0.15) is 38.9 Å². The van der Waals surface area contributed by atoms with Crippen molar-refractivity contribution in [2.45, 2.75) is 30.3 Å². The third kappa shape index (κ3) is 6.71. The Balaban J connectivity index is 1.57. The predicted molar refractivity (Wildman–Crippen MR) is 159 cm³/mol. The number of halogens is 2. The van der Waals surface area contributed by atoms with Gasteiger partial charge in [-0.1, -0.05) is 113 Å². The molecule has 5 aromatic rings. The van der Waals surface area contributed by atoms with E-state index in [4.69, 9.17) is 23.2 Å². The van der Waals surface area contributed by atoms with Crippen molar-refractivity contribution in [3.05, 3.63) is 141 Å². The molecule has 1 unspecified atom stereocenters. The van der Waals surface area contributed by atoms with Crippen molar-refractivity contribution < 1.29 is 4.79 Å². The lowest BCUT2D eigenvalue weighted by molar-refractivity contribution is 0.0934. The molecule has 8 heteroatoms. The van der Waals surface area contributed by atoms with E-state index in [1.165, 1.54) is 11.1 Å². The molecule has 1 N–H and O–H groups in total. The molecule has 196 valence electrons. The third-order valence-electron chi connectivity index (χ3n) is 6.20. The molecular formula is C31H26Cl2N4OS. The van der Waals surface area contributed by atoms with Crippen LogP contribution in [0.4, 0.5) is 0 Å². The molecular weight excluding hydrogens is 547 g/mol. The second-order valence-corrected chi connectivity index (χ2v) is 10.9. The van der Waals surface area contributed by atoms with Gasteiger partial charge in [-0.15, -0.1) is 10.2 Å². The number of aromatic nitrogens is 3. The van der Waals surface area contributed by atoms with Crippen LogP contribution in [-0.4, -0.2) is 20.7 Å². The highest BCUT2D eigenvalue weighted by Crippen LogP contribution is 2.33. The zero-order valence-corrected chi connectivity index (χ0v) is 23.5. The summed E-state index contributed by atoms with van der Waals surface area (Å²) >= 11 is 14.5. The first-order chi connectivity index (χ1) is 19.0. The highest BCUT2D eigenvalue weighted by Gasteiger charge is 2.26. The number of benzene rings is 4. The maximum Gasteiger partial charge on any atom is 0.251 e. The molecule has 4 aromatic carbocycles. The fourth-order valence-electron chi connectivity index (χ4n) is 4.33. The van der Waals surface area contributed by atoms with Gasteiger partial charge in [0.2, 0.25) is 0 Å². The van der Waals surface area contributed by atoms with Crippen molar-refractivity contribution in [2.24, 2.45) is 0 Å². The number of hydrogen-bond acceptors (Lipinski definition) is 4. The van der Waals surface area contributed by atoms with Gasteiger partial charge < -0.3 is 5.32 Å². The summed E-state index contributed by atoms with van der Waals surface area (Å²) in [6.45, 7) is 2.08. The second-order valence-electron chi connectivity index (χ2n) is 9.13. The number of amides is 1. The number of rotatable bonds is 9. The van der Waals surface area contributed by atoms with Crippen LogP contribution in [0.5, 0.6) is 0 Å². The average Bonchev–Trinajstić information content (AvgIpc) is 3.36. The standard InChI is InChI=1S/C31H26Cl2N4OS/c1-21-9-8-12-23(17-21)20-39-31-36-35-29(37(31)28-16-15-25(32)19-26(28)33)27(18-22-10-4-2-5-11-22)34-30(38)24-13-6-3-7-14-24/h2-17,19,27H,18,20H2,1H3,(H,34,38). The number of nitrogens with zero attached hydrogens (tertiary/aromatic N) is 3. The van der Waals surface area contributed by atoms with E-state index in [9.17, 15) is 4.79 Å². The van der Waals surface area contributed by atoms with E-state index in [1.54, 1.807) is 36.0 Å². The molecule has 0 fully saturated rings. The quantitative estimate of drug-likeness (QED) is 0.182. The number of carbonyl (C=O) groups excluding carboxylic acids is 1. The Kier molecular flexibility index (Phi) is 8.67. The molecule has 0 aliphatic carbocycles. The minimum Gasteiger partial charge on any atom is -0.342 e. The van der Waals surface area contributed by atoms with Gasteiger partial charge in [-0.2, -0.15) is 0 Å². The molecule has 0 spiro atoms. The summed E-state index contributed by atoms with van der Waals surface area (Å²) in [6.07, 6.45) is 0.519. The lowest BCUT2D eigenvalue weighted by atomic mass is 10.0. The van der Waals surface area contributed by atoms with Crippen LogP contribution >= 0.6 is 35.0 Å². The van der Waals surface area contributed by atoms with Gasteiger partial charge in [0.25, 0.3) is 5.91 Å². The molecule has 0 aliphatic rings. The maximum atomic E-state index is 13.3. The van der Waals surface area contributed by atoms with Gasteiger partial charge in [-0.3, -0.25) is 9.36 Å². The normalized spacial score (nSPS) is 11.8. The Morgan fingerprint density at radius 1 is 0.872 bits per heavy atom. The van der Waals surface area contributed by atoms with E-state index in [2.05, 4.69) is 40.6 Å². The molecule has 0 aliphatic heterocycles. The van der Waals surface area contributed by atoms with Crippen molar-refractivity contribution in [2.75, 3.05) is 0 Å². The van der Waals surface area contributed by atoms with E-state index < -0.39 is 6.04 Å². The van der Waals surface area contributed by atoms with E-state index >= 15 is 0 Å². The first kappa shape index (κ1) is 27.0. The highest BCUT2D eigenvalue weighted by atomic mass is 35.5. The van der Waals surface area contributed by atoms with Gasteiger partial charge in [0.15, 0.2) is 11.0 Å². The summed E-state index contributed by atoms with van der Waals surface area (Å²) in [7, 11) is 0. The average molecular weight is 574 g/mol. The van der Waals surface area contributed by atoms with E-state index in [-0.39, 0.29) is 5.91 Å². The molecule has 1 atom stereocenters. The number of aryl methyl sites for hydroxylation is 1. The maximum absolute atomic E-state index is 13.3. The molecule has 0 radical (unpaired) electrons. The van der Waals surface area contributed by atoms with Gasteiger partial charge in [0.1, 0.15) is 0 Å². The Morgan fingerprint density at radius 2 is 1.59 bits per heavy atom. The number of hydrogen-bond donors (Lipinski definition) is 1. The SMILES string of the molecule is Cc1cccc(CSc2nnc(C(Cc3ccccc3)NC(=O)c3ccccc3)n2-c2ccc(Cl)cc2Cl)c1. The molecule has 0 saturated heterocycles. The van der Waals surface area contributed by atoms with Gasteiger partial charge in [0.05, 0.1) is 16.8 Å². The predicted octanol–water partition coefficient (Wildman–Crippen LogP) is 7.89. The lowest BCUT2D eigenvalue weighted by Gasteiger charge is -2.21. The fourth-order valence-corrected chi connectivity index (χ4v) is 5.71. The molecule has 0 saturated carbocycles. The third-order valence-corrected chi connectivity index (χ3v) is 7.73. The summed E-state index contributed by atoms with van der Waals surface area (Å²) in [5, 5.41) is 14.0. The van der Waals surface area contributed by atoms with Crippen molar-refractivity contribution in [3.8, 4) is 5.69 Å². The van der Waals surface area contributed by atoms with Gasteiger partial charge in [0, 0.05) is 16.3 Å².